The molecular formula is C17H15Cl3N3O+. The van der Waals surface area contributed by atoms with E-state index < -0.39 is 0 Å². The van der Waals surface area contributed by atoms with Gasteiger partial charge in [0.15, 0.2) is 6.54 Å². The van der Waals surface area contributed by atoms with Gasteiger partial charge in [-0.25, -0.2) is 0 Å². The van der Waals surface area contributed by atoms with Crippen molar-refractivity contribution in [2.45, 2.75) is 13.1 Å². The molecule has 0 aliphatic carbocycles. The summed E-state index contributed by atoms with van der Waals surface area (Å²) in [5.74, 6) is 1.07. The maximum absolute atomic E-state index is 6.05. The average Bonchev–Trinajstić information content (AvgIpc) is 3.00. The summed E-state index contributed by atoms with van der Waals surface area (Å²) in [4.78, 5) is 1.19. The number of nitrogens with one attached hydrogen (secondary N) is 1. The zero-order valence-corrected chi connectivity index (χ0v) is 15.2. The number of rotatable bonds is 5. The molecule has 0 bridgehead atoms. The predicted molar refractivity (Wildman–Crippen MR) is 95.5 cm³/mol. The van der Waals surface area contributed by atoms with Crippen LogP contribution >= 0.6 is 34.8 Å². The van der Waals surface area contributed by atoms with Crippen LogP contribution in [0.25, 0.3) is 11.5 Å². The molecule has 1 heterocycles. The lowest BCUT2D eigenvalue weighted by molar-refractivity contribution is -0.909. The largest absolute Gasteiger partial charge is 0.415 e. The summed E-state index contributed by atoms with van der Waals surface area (Å²) in [6.07, 6.45) is 0. The maximum Gasteiger partial charge on any atom is 0.271 e. The second-order valence-electron chi connectivity index (χ2n) is 5.57. The molecule has 4 nitrogen and oxygen atoms in total. The van der Waals surface area contributed by atoms with Gasteiger partial charge in [-0.1, -0.05) is 40.9 Å². The first-order valence-corrected chi connectivity index (χ1v) is 8.48. The fourth-order valence-electron chi connectivity index (χ4n) is 2.35. The van der Waals surface area contributed by atoms with Gasteiger partial charge in [0.05, 0.1) is 17.1 Å². The zero-order chi connectivity index (χ0) is 17.1. The summed E-state index contributed by atoms with van der Waals surface area (Å²) in [6.45, 7) is 1.39. The Morgan fingerprint density at radius 1 is 0.917 bits per heavy atom. The van der Waals surface area contributed by atoms with Crippen molar-refractivity contribution in [1.82, 2.24) is 10.2 Å². The van der Waals surface area contributed by atoms with E-state index in [-0.39, 0.29) is 0 Å². The molecule has 3 rings (SSSR count). The third-order valence-electron chi connectivity index (χ3n) is 3.50. The Morgan fingerprint density at radius 2 is 1.67 bits per heavy atom. The lowest BCUT2D eigenvalue weighted by Crippen LogP contribution is -3.06. The summed E-state index contributed by atoms with van der Waals surface area (Å²) in [5, 5.41) is 9.99. The quantitative estimate of drug-likeness (QED) is 0.726. The van der Waals surface area contributed by atoms with Crippen molar-refractivity contribution in [3.8, 4) is 11.5 Å². The van der Waals surface area contributed by atoms with Gasteiger partial charge < -0.3 is 9.32 Å². The van der Waals surface area contributed by atoms with Gasteiger partial charge in [0, 0.05) is 16.1 Å². The number of halogens is 3. The minimum atomic E-state index is 0.490. The third kappa shape index (κ3) is 4.28. The molecule has 0 aliphatic rings. The van der Waals surface area contributed by atoms with E-state index >= 15 is 0 Å². The van der Waals surface area contributed by atoms with Crippen LogP contribution in [-0.2, 0) is 13.1 Å². The summed E-state index contributed by atoms with van der Waals surface area (Å²) in [7, 11) is 2.05. The first kappa shape index (κ1) is 17.2. The van der Waals surface area contributed by atoms with Crippen molar-refractivity contribution in [3.05, 3.63) is 69.0 Å². The molecule has 0 fully saturated rings. The Morgan fingerprint density at radius 3 is 2.38 bits per heavy atom. The van der Waals surface area contributed by atoms with Crippen molar-refractivity contribution < 1.29 is 9.32 Å². The molecule has 0 amide bonds. The molecule has 0 saturated carbocycles. The van der Waals surface area contributed by atoms with Gasteiger partial charge in [-0.3, -0.25) is 0 Å². The van der Waals surface area contributed by atoms with Crippen LogP contribution in [0.2, 0.25) is 15.1 Å². The van der Waals surface area contributed by atoms with Crippen molar-refractivity contribution in [2.24, 2.45) is 0 Å². The number of aromatic nitrogens is 2. The van der Waals surface area contributed by atoms with E-state index in [0.717, 1.165) is 17.7 Å². The van der Waals surface area contributed by atoms with Gasteiger partial charge >= 0.3 is 0 Å². The highest BCUT2D eigenvalue weighted by Crippen LogP contribution is 2.22. The highest BCUT2D eigenvalue weighted by atomic mass is 35.5. The Kier molecular flexibility index (Phi) is 5.41. The second-order valence-corrected chi connectivity index (χ2v) is 6.82. The predicted octanol–water partition coefficient (Wildman–Crippen LogP) is 3.91. The number of benzene rings is 2. The number of nitrogens with zero attached hydrogens (tertiary/aromatic N) is 2. The molecule has 0 radical (unpaired) electrons. The number of hydrogen-bond donors (Lipinski definition) is 1. The molecule has 0 spiro atoms. The zero-order valence-electron chi connectivity index (χ0n) is 12.9. The fourth-order valence-corrected chi connectivity index (χ4v) is 2.80. The SMILES string of the molecule is C[NH+](Cc1ccc(Cl)c(Cl)c1)Cc1nnc(-c2ccc(Cl)cc2)o1. The van der Waals surface area contributed by atoms with E-state index in [4.69, 9.17) is 39.2 Å². The van der Waals surface area contributed by atoms with Gasteiger partial charge in [-0.15, -0.1) is 10.2 Å². The molecule has 7 heteroatoms. The van der Waals surface area contributed by atoms with Crippen molar-refractivity contribution in [3.63, 3.8) is 0 Å². The van der Waals surface area contributed by atoms with E-state index in [0.29, 0.717) is 33.4 Å². The van der Waals surface area contributed by atoms with Gasteiger partial charge in [-0.05, 0) is 36.4 Å². The van der Waals surface area contributed by atoms with Gasteiger partial charge in [0.25, 0.3) is 5.89 Å². The van der Waals surface area contributed by atoms with E-state index in [1.807, 2.05) is 24.3 Å². The summed E-state index contributed by atoms with van der Waals surface area (Å²) in [5.41, 5.74) is 1.94. The van der Waals surface area contributed by atoms with Crippen molar-refractivity contribution >= 4 is 34.8 Å². The monoisotopic (exact) mass is 382 g/mol. The molecule has 1 unspecified atom stereocenters. The number of hydrogen-bond acceptors (Lipinski definition) is 3. The van der Waals surface area contributed by atoms with E-state index in [1.54, 1.807) is 18.2 Å². The third-order valence-corrected chi connectivity index (χ3v) is 4.49. The Labute approximate surface area is 155 Å². The van der Waals surface area contributed by atoms with Crippen molar-refractivity contribution in [2.75, 3.05) is 7.05 Å². The van der Waals surface area contributed by atoms with Gasteiger partial charge in [-0.2, -0.15) is 0 Å². The van der Waals surface area contributed by atoms with E-state index in [9.17, 15) is 0 Å². The maximum atomic E-state index is 6.05. The molecule has 3 aromatic rings. The van der Waals surface area contributed by atoms with Crippen LogP contribution in [0.1, 0.15) is 11.5 Å². The van der Waals surface area contributed by atoms with Gasteiger partial charge in [0.2, 0.25) is 5.89 Å². The summed E-state index contributed by atoms with van der Waals surface area (Å²) in [6, 6.07) is 12.9. The molecule has 2 aromatic carbocycles. The molecule has 1 aromatic heterocycles. The first-order valence-electron chi connectivity index (χ1n) is 7.35. The lowest BCUT2D eigenvalue weighted by atomic mass is 10.2. The Bertz CT molecular complexity index is 833. The second kappa shape index (κ2) is 7.53. The molecular weight excluding hydrogens is 369 g/mol. The standard InChI is InChI=1S/C17H14Cl3N3O/c1-23(9-11-2-7-14(19)15(20)8-11)10-16-21-22-17(24-16)12-3-5-13(18)6-4-12/h2-8H,9-10H2,1H3/p+1. The lowest BCUT2D eigenvalue weighted by Gasteiger charge is -2.12. The minimum Gasteiger partial charge on any atom is -0.415 e. The topological polar surface area (TPSA) is 43.4 Å². The van der Waals surface area contributed by atoms with Crippen LogP contribution in [0.15, 0.2) is 46.9 Å². The molecule has 1 N–H and O–H groups in total. The summed E-state index contributed by atoms with van der Waals surface area (Å²) < 4.78 is 5.73. The van der Waals surface area contributed by atoms with Crippen LogP contribution in [0.4, 0.5) is 0 Å². The highest BCUT2D eigenvalue weighted by Gasteiger charge is 2.14. The normalized spacial score (nSPS) is 12.3. The molecule has 24 heavy (non-hydrogen) atoms. The summed E-state index contributed by atoms with van der Waals surface area (Å²) >= 11 is 17.9. The van der Waals surface area contributed by atoms with Crippen LogP contribution < -0.4 is 4.90 Å². The van der Waals surface area contributed by atoms with Crippen LogP contribution in [0, 0.1) is 0 Å². The first-order chi connectivity index (χ1) is 11.5. The van der Waals surface area contributed by atoms with Crippen LogP contribution in [0.3, 0.4) is 0 Å². The Balaban J connectivity index is 1.65. The number of quaternary nitrogens is 1. The van der Waals surface area contributed by atoms with Gasteiger partial charge in [0.1, 0.15) is 6.54 Å². The minimum absolute atomic E-state index is 0.490. The van der Waals surface area contributed by atoms with Crippen LogP contribution in [-0.4, -0.2) is 17.2 Å². The average molecular weight is 384 g/mol. The molecule has 1 atom stereocenters. The molecule has 0 aliphatic heterocycles. The highest BCUT2D eigenvalue weighted by molar-refractivity contribution is 6.42. The van der Waals surface area contributed by atoms with Crippen molar-refractivity contribution in [1.29, 1.82) is 0 Å². The van der Waals surface area contributed by atoms with E-state index in [2.05, 4.69) is 17.2 Å². The fraction of sp³-hybridized carbons (Fsp3) is 0.176. The molecule has 124 valence electrons. The molecule has 0 saturated heterocycles. The Hall–Kier alpha value is -1.59. The van der Waals surface area contributed by atoms with Crippen LogP contribution in [0.5, 0.6) is 0 Å². The van der Waals surface area contributed by atoms with E-state index in [1.165, 1.54) is 4.90 Å². The smallest absolute Gasteiger partial charge is 0.271 e.